The molecule has 2 nitrogen and oxygen atoms in total. The lowest BCUT2D eigenvalue weighted by molar-refractivity contribution is 0.231. The predicted octanol–water partition coefficient (Wildman–Crippen LogP) is 4.03. The normalized spacial score (nSPS) is 15.8. The average molecular weight is 283 g/mol. The van der Waals surface area contributed by atoms with Crippen molar-refractivity contribution in [1.29, 1.82) is 0 Å². The minimum atomic E-state index is -0.601. The van der Waals surface area contributed by atoms with E-state index in [1.54, 1.807) is 0 Å². The highest BCUT2D eigenvalue weighted by molar-refractivity contribution is 5.31. The number of ether oxygens (including phenoxy) is 1. The molecule has 0 aliphatic heterocycles. The predicted molar refractivity (Wildman–Crippen MR) is 75.8 cm³/mol. The lowest BCUT2D eigenvalue weighted by Gasteiger charge is -2.13. The maximum absolute atomic E-state index is 13.9. The first-order valence-corrected chi connectivity index (χ1v) is 7.52. The van der Waals surface area contributed by atoms with Crippen LogP contribution in [0.4, 0.5) is 8.78 Å². The van der Waals surface area contributed by atoms with Crippen molar-refractivity contribution >= 4 is 0 Å². The molecule has 0 amide bonds. The molecule has 112 valence electrons. The van der Waals surface area contributed by atoms with Crippen LogP contribution in [-0.4, -0.2) is 13.2 Å². The van der Waals surface area contributed by atoms with E-state index in [1.165, 1.54) is 25.0 Å². The lowest BCUT2D eigenvalue weighted by atomic mass is 10.1. The highest BCUT2D eigenvalue weighted by Crippen LogP contribution is 2.28. The van der Waals surface area contributed by atoms with Gasteiger partial charge in [-0.3, -0.25) is 0 Å². The molecule has 0 radical (unpaired) electrons. The first-order valence-electron chi connectivity index (χ1n) is 7.52. The van der Waals surface area contributed by atoms with Gasteiger partial charge in [-0.1, -0.05) is 19.8 Å². The van der Waals surface area contributed by atoms with Gasteiger partial charge in [0.15, 0.2) is 17.4 Å². The Hall–Kier alpha value is -1.16. The Kier molecular flexibility index (Phi) is 5.77. The van der Waals surface area contributed by atoms with Crippen molar-refractivity contribution in [3.8, 4) is 5.75 Å². The third-order valence-corrected chi connectivity index (χ3v) is 3.75. The Morgan fingerprint density at radius 2 is 1.85 bits per heavy atom. The number of hydrogen-bond donors (Lipinski definition) is 1. The molecule has 0 spiro atoms. The summed E-state index contributed by atoms with van der Waals surface area (Å²) in [6.07, 6.45) is 5.58. The number of halogens is 2. The summed E-state index contributed by atoms with van der Waals surface area (Å²) in [7, 11) is 0. The smallest absolute Gasteiger partial charge is 0.190 e. The zero-order valence-electron chi connectivity index (χ0n) is 12.1. The fourth-order valence-electron chi connectivity index (χ4n) is 2.64. The highest BCUT2D eigenvalue weighted by atomic mass is 19.1. The van der Waals surface area contributed by atoms with Gasteiger partial charge in [0.2, 0.25) is 0 Å². The largest absolute Gasteiger partial charge is 0.487 e. The molecule has 1 aliphatic rings. The van der Waals surface area contributed by atoms with Gasteiger partial charge >= 0.3 is 0 Å². The van der Waals surface area contributed by atoms with Gasteiger partial charge in [0.05, 0.1) is 6.61 Å². The SMILES string of the molecule is CCCNCc1cc(F)c(OCC2CCCC2)c(F)c1. The Morgan fingerprint density at radius 3 is 2.45 bits per heavy atom. The van der Waals surface area contributed by atoms with Crippen LogP contribution >= 0.6 is 0 Å². The minimum Gasteiger partial charge on any atom is -0.487 e. The second-order valence-corrected chi connectivity index (χ2v) is 5.53. The number of hydrogen-bond acceptors (Lipinski definition) is 2. The fourth-order valence-corrected chi connectivity index (χ4v) is 2.64. The fraction of sp³-hybridized carbons (Fsp3) is 0.625. The third kappa shape index (κ3) is 4.17. The quantitative estimate of drug-likeness (QED) is 0.763. The Bertz CT molecular complexity index is 407. The first-order chi connectivity index (χ1) is 9.70. The molecule has 0 atom stereocenters. The topological polar surface area (TPSA) is 21.3 Å². The molecule has 20 heavy (non-hydrogen) atoms. The zero-order chi connectivity index (χ0) is 14.4. The van der Waals surface area contributed by atoms with Crippen LogP contribution in [0.15, 0.2) is 12.1 Å². The molecule has 0 saturated heterocycles. The molecule has 1 saturated carbocycles. The van der Waals surface area contributed by atoms with Gasteiger partial charge in [-0.25, -0.2) is 8.78 Å². The molecule has 1 N–H and O–H groups in total. The molecule has 0 unspecified atom stereocenters. The van der Waals surface area contributed by atoms with Crippen LogP contribution in [0.3, 0.4) is 0 Å². The molecule has 0 aromatic heterocycles. The van der Waals surface area contributed by atoms with Gasteiger partial charge in [-0.05, 0) is 49.4 Å². The second-order valence-electron chi connectivity index (χ2n) is 5.53. The van der Waals surface area contributed by atoms with E-state index in [4.69, 9.17) is 4.74 Å². The molecule has 1 aliphatic carbocycles. The molecule has 0 bridgehead atoms. The van der Waals surface area contributed by atoms with Crippen molar-refractivity contribution in [2.45, 2.75) is 45.6 Å². The van der Waals surface area contributed by atoms with Crippen LogP contribution in [0.2, 0.25) is 0 Å². The first kappa shape index (κ1) is 15.2. The molecule has 4 heteroatoms. The van der Waals surface area contributed by atoms with Crippen molar-refractivity contribution in [2.24, 2.45) is 5.92 Å². The van der Waals surface area contributed by atoms with Gasteiger partial charge in [-0.15, -0.1) is 0 Å². The second kappa shape index (κ2) is 7.58. The van der Waals surface area contributed by atoms with Gasteiger partial charge in [0.1, 0.15) is 0 Å². The number of benzene rings is 1. The summed E-state index contributed by atoms with van der Waals surface area (Å²) in [6, 6.07) is 2.71. The van der Waals surface area contributed by atoms with Crippen LogP contribution in [0, 0.1) is 17.6 Å². The summed E-state index contributed by atoms with van der Waals surface area (Å²) in [4.78, 5) is 0. The maximum Gasteiger partial charge on any atom is 0.190 e. The molecular weight excluding hydrogens is 260 g/mol. The summed E-state index contributed by atoms with van der Waals surface area (Å²) >= 11 is 0. The van der Waals surface area contributed by atoms with Crippen molar-refractivity contribution < 1.29 is 13.5 Å². The molecule has 1 fully saturated rings. The van der Waals surface area contributed by atoms with E-state index in [1.807, 2.05) is 6.92 Å². The Labute approximate surface area is 119 Å². The van der Waals surface area contributed by atoms with Crippen LogP contribution < -0.4 is 10.1 Å². The van der Waals surface area contributed by atoms with E-state index in [-0.39, 0.29) is 5.75 Å². The summed E-state index contributed by atoms with van der Waals surface area (Å²) in [5, 5.41) is 3.13. The summed E-state index contributed by atoms with van der Waals surface area (Å²) in [5.74, 6) is -0.983. The van der Waals surface area contributed by atoms with Crippen molar-refractivity contribution in [2.75, 3.05) is 13.2 Å². The summed E-state index contributed by atoms with van der Waals surface area (Å²) < 4.78 is 33.2. The minimum absolute atomic E-state index is 0.226. The average Bonchev–Trinajstić information content (AvgIpc) is 2.91. The van der Waals surface area contributed by atoms with E-state index < -0.39 is 11.6 Å². The van der Waals surface area contributed by atoms with Crippen molar-refractivity contribution in [3.63, 3.8) is 0 Å². The number of nitrogens with one attached hydrogen (secondary N) is 1. The molecular formula is C16H23F2NO. The number of rotatable bonds is 7. The van der Waals surface area contributed by atoms with E-state index in [0.717, 1.165) is 25.8 Å². The highest BCUT2D eigenvalue weighted by Gasteiger charge is 2.18. The van der Waals surface area contributed by atoms with Crippen molar-refractivity contribution in [1.82, 2.24) is 5.32 Å². The van der Waals surface area contributed by atoms with Gasteiger partial charge < -0.3 is 10.1 Å². The standard InChI is InChI=1S/C16H23F2NO/c1-2-7-19-10-13-8-14(17)16(15(18)9-13)20-11-12-5-3-4-6-12/h8-9,12,19H,2-7,10-11H2,1H3. The maximum atomic E-state index is 13.9. The van der Waals surface area contributed by atoms with Crippen LogP contribution in [0.1, 0.15) is 44.6 Å². The van der Waals surface area contributed by atoms with E-state index >= 15 is 0 Å². The lowest BCUT2D eigenvalue weighted by Crippen LogP contribution is -2.15. The Balaban J connectivity index is 1.94. The van der Waals surface area contributed by atoms with Crippen LogP contribution in [-0.2, 0) is 6.54 Å². The van der Waals surface area contributed by atoms with Crippen LogP contribution in [0.25, 0.3) is 0 Å². The van der Waals surface area contributed by atoms with Crippen LogP contribution in [0.5, 0.6) is 5.75 Å². The molecule has 0 heterocycles. The van der Waals surface area contributed by atoms with E-state index in [2.05, 4.69) is 5.32 Å². The van der Waals surface area contributed by atoms with Gasteiger partial charge in [0, 0.05) is 6.54 Å². The van der Waals surface area contributed by atoms with Gasteiger partial charge in [0.25, 0.3) is 0 Å². The van der Waals surface area contributed by atoms with Crippen molar-refractivity contribution in [3.05, 3.63) is 29.3 Å². The molecule has 1 aromatic rings. The summed E-state index contributed by atoms with van der Waals surface area (Å²) in [5.41, 5.74) is 0.613. The molecule has 2 rings (SSSR count). The monoisotopic (exact) mass is 283 g/mol. The van der Waals surface area contributed by atoms with E-state index in [9.17, 15) is 8.78 Å². The van der Waals surface area contributed by atoms with Gasteiger partial charge in [-0.2, -0.15) is 0 Å². The Morgan fingerprint density at radius 1 is 1.20 bits per heavy atom. The zero-order valence-corrected chi connectivity index (χ0v) is 12.1. The summed E-state index contributed by atoms with van der Waals surface area (Å²) in [6.45, 7) is 3.78. The third-order valence-electron chi connectivity index (χ3n) is 3.75. The van der Waals surface area contributed by atoms with E-state index in [0.29, 0.717) is 24.6 Å². The molecule has 1 aromatic carbocycles.